The maximum absolute atomic E-state index is 12.0. The Morgan fingerprint density at radius 2 is 2.16 bits per heavy atom. The molecule has 2 aliphatic carbocycles. The summed E-state index contributed by atoms with van der Waals surface area (Å²) in [7, 11) is 0. The molecular formula is C16H24O3. The molecule has 3 aliphatic rings. The van der Waals surface area contributed by atoms with Crippen LogP contribution < -0.4 is 0 Å². The molecule has 0 aromatic carbocycles. The van der Waals surface area contributed by atoms with Crippen LogP contribution in [0.25, 0.3) is 0 Å². The molecule has 3 atom stereocenters. The first kappa shape index (κ1) is 13.3. The van der Waals surface area contributed by atoms with E-state index in [0.717, 1.165) is 13.0 Å². The normalized spacial score (nSPS) is 37.6. The van der Waals surface area contributed by atoms with Crippen LogP contribution in [0, 0.1) is 11.8 Å². The molecule has 0 radical (unpaired) electrons. The summed E-state index contributed by atoms with van der Waals surface area (Å²) in [6.45, 7) is 7.70. The van der Waals surface area contributed by atoms with Crippen LogP contribution in [0.15, 0.2) is 11.6 Å². The van der Waals surface area contributed by atoms with Gasteiger partial charge in [-0.15, -0.1) is 0 Å². The number of carbonyl (C=O) groups is 1. The second-order valence-electron chi connectivity index (χ2n) is 6.96. The minimum absolute atomic E-state index is 0.0798. The van der Waals surface area contributed by atoms with Crippen molar-refractivity contribution in [3.05, 3.63) is 11.6 Å². The number of allylic oxidation sites excluding steroid dienone is 1. The lowest BCUT2D eigenvalue weighted by Gasteiger charge is -2.41. The van der Waals surface area contributed by atoms with E-state index in [-0.39, 0.29) is 23.0 Å². The first-order valence-electron chi connectivity index (χ1n) is 7.41. The maximum Gasteiger partial charge on any atom is 0.136 e. The molecule has 0 aromatic heterocycles. The summed E-state index contributed by atoms with van der Waals surface area (Å²) in [5, 5.41) is 0. The highest BCUT2D eigenvalue weighted by atomic mass is 16.6. The van der Waals surface area contributed by atoms with E-state index in [0.29, 0.717) is 18.8 Å². The van der Waals surface area contributed by atoms with Crippen LogP contribution in [0.2, 0.25) is 0 Å². The third kappa shape index (κ3) is 2.63. The summed E-state index contributed by atoms with van der Waals surface area (Å²) < 4.78 is 11.8. The number of rotatable bonds is 4. The Morgan fingerprint density at radius 1 is 1.47 bits per heavy atom. The molecule has 106 valence electrons. The highest BCUT2D eigenvalue weighted by molar-refractivity contribution is 5.82. The van der Waals surface area contributed by atoms with Gasteiger partial charge in [0.05, 0.1) is 24.4 Å². The molecule has 0 N–H and O–H groups in total. The van der Waals surface area contributed by atoms with Crippen LogP contribution in [-0.2, 0) is 14.3 Å². The fourth-order valence-electron chi connectivity index (χ4n) is 3.40. The second-order valence-corrected chi connectivity index (χ2v) is 6.96. The molecule has 1 heterocycles. The molecule has 0 aromatic rings. The van der Waals surface area contributed by atoms with Gasteiger partial charge in [-0.3, -0.25) is 4.79 Å². The molecule has 1 saturated heterocycles. The van der Waals surface area contributed by atoms with E-state index in [4.69, 9.17) is 9.47 Å². The summed E-state index contributed by atoms with van der Waals surface area (Å²) in [5.41, 5.74) is 1.13. The van der Waals surface area contributed by atoms with Gasteiger partial charge in [-0.2, -0.15) is 0 Å². The minimum atomic E-state index is -0.293. The zero-order chi connectivity index (χ0) is 13.7. The van der Waals surface area contributed by atoms with E-state index in [9.17, 15) is 4.79 Å². The Bertz CT molecular complexity index is 412. The molecule has 2 saturated carbocycles. The zero-order valence-corrected chi connectivity index (χ0v) is 12.2. The van der Waals surface area contributed by atoms with Gasteiger partial charge in [0.1, 0.15) is 5.78 Å². The van der Waals surface area contributed by atoms with Crippen molar-refractivity contribution in [2.45, 2.75) is 57.7 Å². The number of hydrogen-bond donors (Lipinski definition) is 0. The van der Waals surface area contributed by atoms with E-state index >= 15 is 0 Å². The average Bonchev–Trinajstić information content (AvgIpc) is 3.21. The van der Waals surface area contributed by atoms with Crippen molar-refractivity contribution in [1.29, 1.82) is 0 Å². The van der Waals surface area contributed by atoms with Crippen LogP contribution >= 0.6 is 0 Å². The minimum Gasteiger partial charge on any atom is -0.371 e. The fraction of sp³-hybridized carbons (Fsp3) is 0.812. The standard InChI is InChI=1S/C16H24O3/c1-11-9-16(10-19-16)14(8-13(11)17)15(2,3)18-7-6-12-4-5-12/h6,11,14H,4-5,7-10H2,1-3H3/t11-,14?,16?/m1/s1. The molecule has 3 rings (SSSR count). The van der Waals surface area contributed by atoms with Crippen molar-refractivity contribution in [3.63, 3.8) is 0 Å². The molecule has 0 bridgehead atoms. The Kier molecular flexibility index (Phi) is 3.10. The van der Waals surface area contributed by atoms with Gasteiger partial charge in [-0.25, -0.2) is 0 Å². The van der Waals surface area contributed by atoms with Gasteiger partial charge in [0.2, 0.25) is 0 Å². The Morgan fingerprint density at radius 3 is 2.74 bits per heavy atom. The monoisotopic (exact) mass is 264 g/mol. The molecule has 3 heteroatoms. The number of ether oxygens (including phenoxy) is 2. The summed E-state index contributed by atoms with van der Waals surface area (Å²) in [6, 6.07) is 0. The number of hydrogen-bond acceptors (Lipinski definition) is 3. The third-order valence-corrected chi connectivity index (χ3v) is 4.96. The van der Waals surface area contributed by atoms with E-state index < -0.39 is 0 Å². The first-order chi connectivity index (χ1) is 8.93. The number of epoxide rings is 1. The van der Waals surface area contributed by atoms with Gasteiger partial charge in [0.25, 0.3) is 0 Å². The predicted octanol–water partition coefficient (Wildman–Crippen LogP) is 2.89. The Balaban J connectivity index is 1.67. The predicted molar refractivity (Wildman–Crippen MR) is 72.9 cm³/mol. The van der Waals surface area contributed by atoms with E-state index in [1.54, 1.807) is 0 Å². The summed E-state index contributed by atoms with van der Waals surface area (Å²) in [6.07, 6.45) is 6.12. The van der Waals surface area contributed by atoms with Crippen molar-refractivity contribution in [1.82, 2.24) is 0 Å². The van der Waals surface area contributed by atoms with Crippen LogP contribution in [0.4, 0.5) is 0 Å². The highest BCUT2D eigenvalue weighted by Gasteiger charge is 2.60. The van der Waals surface area contributed by atoms with E-state index in [1.807, 2.05) is 6.92 Å². The third-order valence-electron chi connectivity index (χ3n) is 4.96. The number of carbonyl (C=O) groups excluding carboxylic acids is 1. The lowest BCUT2D eigenvalue weighted by Crippen LogP contribution is -2.49. The SMILES string of the molecule is C[C@@H]1CC2(CO2)C(C(C)(C)OCC=C2CC2)CC1=O. The molecule has 1 spiro atoms. The van der Waals surface area contributed by atoms with Gasteiger partial charge in [0, 0.05) is 18.3 Å². The quantitative estimate of drug-likeness (QED) is 0.579. The topological polar surface area (TPSA) is 38.8 Å². The van der Waals surface area contributed by atoms with Crippen LogP contribution in [0.5, 0.6) is 0 Å². The van der Waals surface area contributed by atoms with Crippen molar-refractivity contribution in [2.24, 2.45) is 11.8 Å². The van der Waals surface area contributed by atoms with Crippen molar-refractivity contribution < 1.29 is 14.3 Å². The molecule has 2 unspecified atom stereocenters. The Labute approximate surface area is 115 Å². The summed E-state index contributed by atoms with van der Waals surface area (Å²) in [5.74, 6) is 0.702. The Hall–Kier alpha value is -0.670. The second kappa shape index (κ2) is 4.42. The maximum atomic E-state index is 12.0. The summed E-state index contributed by atoms with van der Waals surface area (Å²) in [4.78, 5) is 12.0. The van der Waals surface area contributed by atoms with Gasteiger partial charge in [-0.05, 0) is 33.1 Å². The van der Waals surface area contributed by atoms with Crippen LogP contribution in [0.3, 0.4) is 0 Å². The molecule has 3 nitrogen and oxygen atoms in total. The van der Waals surface area contributed by atoms with E-state index in [2.05, 4.69) is 19.9 Å². The molecule has 19 heavy (non-hydrogen) atoms. The van der Waals surface area contributed by atoms with Gasteiger partial charge < -0.3 is 9.47 Å². The fourth-order valence-corrected chi connectivity index (χ4v) is 3.40. The molecule has 3 fully saturated rings. The van der Waals surface area contributed by atoms with Gasteiger partial charge >= 0.3 is 0 Å². The molecule has 1 aliphatic heterocycles. The van der Waals surface area contributed by atoms with E-state index in [1.165, 1.54) is 18.4 Å². The molecular weight excluding hydrogens is 240 g/mol. The van der Waals surface area contributed by atoms with Crippen LogP contribution in [-0.4, -0.2) is 30.2 Å². The average molecular weight is 264 g/mol. The number of ketones is 1. The molecule has 0 amide bonds. The van der Waals surface area contributed by atoms with Crippen molar-refractivity contribution in [3.8, 4) is 0 Å². The number of Topliss-reactive ketones (excluding diaryl/α,β-unsaturated/α-hetero) is 1. The van der Waals surface area contributed by atoms with Crippen molar-refractivity contribution in [2.75, 3.05) is 13.2 Å². The zero-order valence-electron chi connectivity index (χ0n) is 12.2. The lowest BCUT2D eigenvalue weighted by atomic mass is 9.67. The van der Waals surface area contributed by atoms with Gasteiger partial charge in [0.15, 0.2) is 0 Å². The van der Waals surface area contributed by atoms with Gasteiger partial charge in [-0.1, -0.05) is 18.6 Å². The largest absolute Gasteiger partial charge is 0.371 e. The first-order valence-corrected chi connectivity index (χ1v) is 7.41. The summed E-state index contributed by atoms with van der Waals surface area (Å²) >= 11 is 0. The lowest BCUT2D eigenvalue weighted by molar-refractivity contribution is -0.138. The highest BCUT2D eigenvalue weighted by Crippen LogP contribution is 2.51. The smallest absolute Gasteiger partial charge is 0.136 e. The van der Waals surface area contributed by atoms with Crippen LogP contribution in [0.1, 0.15) is 46.5 Å². The van der Waals surface area contributed by atoms with Crippen molar-refractivity contribution >= 4 is 5.78 Å².